The fourth-order valence-corrected chi connectivity index (χ4v) is 4.47. The summed E-state index contributed by atoms with van der Waals surface area (Å²) >= 11 is 0. The predicted octanol–water partition coefficient (Wildman–Crippen LogP) is 3.99. The number of aliphatic hydroxyl groups excluding tert-OH is 2. The molecular weight excluding hydrogens is 419 g/mol. The lowest BCUT2D eigenvalue weighted by molar-refractivity contribution is 0.124. The third kappa shape index (κ3) is 5.69. The first kappa shape index (κ1) is 22.8. The van der Waals surface area contributed by atoms with E-state index in [0.29, 0.717) is 18.0 Å². The predicted molar refractivity (Wildman–Crippen MR) is 130 cm³/mol. The van der Waals surface area contributed by atoms with Crippen molar-refractivity contribution in [1.29, 1.82) is 0 Å². The Morgan fingerprint density at radius 2 is 1.64 bits per heavy atom. The number of nitrogens with zero attached hydrogens (tertiary/aromatic N) is 2. The minimum Gasteiger partial charge on any atom is -0.494 e. The first-order chi connectivity index (χ1) is 15.9. The summed E-state index contributed by atoms with van der Waals surface area (Å²) < 4.78 is 16.9. The van der Waals surface area contributed by atoms with E-state index in [1.54, 1.807) is 19.2 Å². The first-order valence-electron chi connectivity index (χ1n) is 11.3. The normalized spacial score (nSPS) is 20.6. The van der Waals surface area contributed by atoms with Crippen LogP contribution in [0.15, 0.2) is 66.8 Å². The van der Waals surface area contributed by atoms with Gasteiger partial charge in [0.25, 0.3) is 11.9 Å². The van der Waals surface area contributed by atoms with Crippen LogP contribution in [0.25, 0.3) is 0 Å². The lowest BCUT2D eigenvalue weighted by atomic mass is 9.79. The molecule has 0 aliphatic carbocycles. The van der Waals surface area contributed by atoms with E-state index in [4.69, 9.17) is 14.0 Å². The van der Waals surface area contributed by atoms with Crippen LogP contribution in [0.4, 0.5) is 5.69 Å². The highest BCUT2D eigenvalue weighted by Crippen LogP contribution is 2.29. The van der Waals surface area contributed by atoms with Crippen LogP contribution in [0.3, 0.4) is 0 Å². The monoisotopic (exact) mass is 450 g/mol. The molecule has 4 rings (SSSR count). The molecule has 0 radical (unpaired) electrons. The van der Waals surface area contributed by atoms with Crippen LogP contribution in [0.5, 0.6) is 5.75 Å². The molecular formula is C25H31BN2O5. The summed E-state index contributed by atoms with van der Waals surface area (Å²) in [4.78, 5) is 3.93. The Labute approximate surface area is 195 Å². The van der Waals surface area contributed by atoms with E-state index in [-0.39, 0.29) is 11.9 Å². The summed E-state index contributed by atoms with van der Waals surface area (Å²) in [5, 5.41) is 19.8. The number of piperidine rings is 1. The number of hydrogen-bond acceptors (Lipinski definition) is 7. The van der Waals surface area contributed by atoms with Gasteiger partial charge in [-0.3, -0.25) is 0 Å². The van der Waals surface area contributed by atoms with Crippen molar-refractivity contribution in [3.63, 3.8) is 0 Å². The van der Waals surface area contributed by atoms with Gasteiger partial charge in [0.2, 0.25) is 0 Å². The second-order valence-corrected chi connectivity index (χ2v) is 8.74. The van der Waals surface area contributed by atoms with E-state index < -0.39 is 7.12 Å². The summed E-state index contributed by atoms with van der Waals surface area (Å²) in [6.07, 6.45) is 4.99. The maximum absolute atomic E-state index is 9.90. The molecule has 2 N–H and O–H groups in total. The number of anilines is 1. The van der Waals surface area contributed by atoms with Gasteiger partial charge in [0.05, 0.1) is 19.0 Å². The van der Waals surface area contributed by atoms with E-state index >= 15 is 0 Å². The molecule has 0 unspecified atom stereocenters. The molecule has 2 aliphatic heterocycles. The number of hydrogen-bond donors (Lipinski definition) is 2. The summed E-state index contributed by atoms with van der Waals surface area (Å²) in [7, 11) is 0.670. The number of aryl methyl sites for hydroxylation is 2. The quantitative estimate of drug-likeness (QED) is 0.668. The second kappa shape index (κ2) is 10.0. The van der Waals surface area contributed by atoms with E-state index in [2.05, 4.69) is 36.9 Å². The third-order valence-electron chi connectivity index (χ3n) is 6.00. The average molecular weight is 450 g/mol. The zero-order valence-electron chi connectivity index (χ0n) is 19.4. The van der Waals surface area contributed by atoms with Crippen LogP contribution < -0.4 is 15.1 Å². The van der Waals surface area contributed by atoms with Crippen molar-refractivity contribution in [2.45, 2.75) is 26.7 Å². The molecule has 2 aliphatic rings. The largest absolute Gasteiger partial charge is 0.636 e. The molecule has 1 saturated heterocycles. The zero-order chi connectivity index (χ0) is 23.4. The molecule has 0 amide bonds. The number of ether oxygens (including phenoxy) is 1. The van der Waals surface area contributed by atoms with Crippen molar-refractivity contribution < 1.29 is 24.3 Å². The number of benzene rings is 2. The molecule has 0 aromatic heterocycles. The van der Waals surface area contributed by atoms with Gasteiger partial charge in [0.1, 0.15) is 5.75 Å². The minimum atomic E-state index is -0.968. The summed E-state index contributed by atoms with van der Waals surface area (Å²) in [6.45, 7) is 7.07. The highest BCUT2D eigenvalue weighted by molar-refractivity contribution is 6.61. The molecule has 8 heteroatoms. The molecule has 2 heterocycles. The number of rotatable bonds is 5. The molecule has 0 saturated carbocycles. The van der Waals surface area contributed by atoms with Crippen LogP contribution in [-0.2, 0) is 9.31 Å². The summed E-state index contributed by atoms with van der Waals surface area (Å²) in [5.74, 6) is 0.596. The van der Waals surface area contributed by atoms with E-state index in [1.807, 2.05) is 12.1 Å². The van der Waals surface area contributed by atoms with Crippen LogP contribution >= 0.6 is 0 Å². The molecule has 2 aromatic rings. The van der Waals surface area contributed by atoms with Crippen molar-refractivity contribution in [2.75, 3.05) is 31.6 Å². The Hall–Kier alpha value is -3.42. The molecule has 0 spiro atoms. The SMILES string of the molecule is Cc1cccc(C)c1N1CCC[C@@H](COc2ccc(B3OC(O)=CN(C)/C=C(/O)O3)cc2)C1. The molecule has 174 valence electrons. The number of para-hydroxylation sites is 1. The van der Waals surface area contributed by atoms with E-state index in [0.717, 1.165) is 31.7 Å². The Balaban J connectivity index is 1.36. The minimum absolute atomic E-state index is 0.308. The lowest BCUT2D eigenvalue weighted by Gasteiger charge is -2.36. The average Bonchev–Trinajstić information content (AvgIpc) is 2.77. The van der Waals surface area contributed by atoms with Crippen LogP contribution in [0.2, 0.25) is 0 Å². The van der Waals surface area contributed by atoms with Crippen LogP contribution in [0.1, 0.15) is 24.0 Å². The summed E-state index contributed by atoms with van der Waals surface area (Å²) in [6, 6.07) is 13.8. The second-order valence-electron chi connectivity index (χ2n) is 8.74. The Morgan fingerprint density at radius 3 is 2.27 bits per heavy atom. The molecule has 1 fully saturated rings. The topological polar surface area (TPSA) is 74.6 Å². The van der Waals surface area contributed by atoms with Gasteiger partial charge < -0.3 is 34.1 Å². The highest BCUT2D eigenvalue weighted by atomic mass is 16.7. The zero-order valence-corrected chi connectivity index (χ0v) is 19.4. The molecule has 7 nitrogen and oxygen atoms in total. The van der Waals surface area contributed by atoms with Crippen LogP contribution in [-0.4, -0.2) is 49.0 Å². The van der Waals surface area contributed by atoms with Crippen molar-refractivity contribution in [3.05, 3.63) is 77.9 Å². The highest BCUT2D eigenvalue weighted by Gasteiger charge is 2.30. The van der Waals surface area contributed by atoms with Crippen molar-refractivity contribution in [2.24, 2.45) is 5.92 Å². The van der Waals surface area contributed by atoms with Gasteiger partial charge in [-0.15, -0.1) is 0 Å². The van der Waals surface area contributed by atoms with Gasteiger partial charge in [0, 0.05) is 37.2 Å². The van der Waals surface area contributed by atoms with Gasteiger partial charge in [0.15, 0.2) is 0 Å². The first-order valence-corrected chi connectivity index (χ1v) is 11.3. The van der Waals surface area contributed by atoms with Crippen molar-refractivity contribution in [1.82, 2.24) is 4.90 Å². The van der Waals surface area contributed by atoms with Gasteiger partial charge in [-0.25, -0.2) is 0 Å². The number of aliphatic hydroxyl groups is 2. The van der Waals surface area contributed by atoms with Crippen molar-refractivity contribution >= 4 is 18.3 Å². The molecule has 2 aromatic carbocycles. The maximum atomic E-state index is 9.90. The van der Waals surface area contributed by atoms with Gasteiger partial charge in [-0.05, 0) is 49.9 Å². The maximum Gasteiger partial charge on any atom is 0.636 e. The van der Waals surface area contributed by atoms with Gasteiger partial charge >= 0.3 is 7.12 Å². The van der Waals surface area contributed by atoms with Crippen LogP contribution in [0, 0.1) is 19.8 Å². The molecule has 1 atom stereocenters. The van der Waals surface area contributed by atoms with Crippen molar-refractivity contribution in [3.8, 4) is 5.75 Å². The molecule has 33 heavy (non-hydrogen) atoms. The van der Waals surface area contributed by atoms with E-state index in [1.165, 1.54) is 34.1 Å². The lowest BCUT2D eigenvalue weighted by Crippen LogP contribution is -2.38. The van der Waals surface area contributed by atoms with Gasteiger partial charge in [-0.2, -0.15) is 0 Å². The Kier molecular flexibility index (Phi) is 6.91. The fourth-order valence-electron chi connectivity index (χ4n) is 4.47. The molecule has 0 bridgehead atoms. The van der Waals surface area contributed by atoms with E-state index in [9.17, 15) is 10.2 Å². The van der Waals surface area contributed by atoms with Gasteiger partial charge in [-0.1, -0.05) is 30.3 Å². The smallest absolute Gasteiger partial charge is 0.494 e. The Bertz CT molecular complexity index is 982. The fraction of sp³-hybridized carbons (Fsp3) is 0.360. The standard InChI is InChI=1S/C25H31BN2O5/c1-18-6-4-7-19(2)25(18)28-13-5-8-20(14-28)17-31-22-11-9-21(10-12-22)26-32-23(29)15-27(3)16-24(30)33-26/h4,6-7,9-12,15-16,20,29-30H,5,8,13-14,17H2,1-3H3/b23-15-,24-16?/t20-/m1/s1. The third-order valence-corrected chi connectivity index (χ3v) is 6.00. The Morgan fingerprint density at radius 1 is 1.00 bits per heavy atom. The summed E-state index contributed by atoms with van der Waals surface area (Å²) in [5.41, 5.74) is 4.63.